The SMILES string of the molecule is Cc1ccc2c(NC(=O)[C@H]3CC[C@H](CCN)CC3)ccnc2n1. The lowest BCUT2D eigenvalue weighted by Gasteiger charge is -2.27. The molecule has 1 aliphatic rings. The molecule has 122 valence electrons. The zero-order chi connectivity index (χ0) is 16.2. The summed E-state index contributed by atoms with van der Waals surface area (Å²) in [5, 5.41) is 3.97. The van der Waals surface area contributed by atoms with Gasteiger partial charge in [-0.2, -0.15) is 0 Å². The van der Waals surface area contributed by atoms with E-state index in [1.807, 2.05) is 25.1 Å². The third kappa shape index (κ3) is 3.67. The standard InChI is InChI=1S/C18H24N4O/c1-12-2-7-15-16(9-11-20-17(15)21-12)22-18(23)14-5-3-13(4-6-14)8-10-19/h2,7,9,11,13-14H,3-6,8,10,19H2,1H3,(H,20,21,22,23)/t13-,14-. The van der Waals surface area contributed by atoms with Gasteiger partial charge in [-0.25, -0.2) is 9.97 Å². The third-order valence-electron chi connectivity index (χ3n) is 4.79. The molecular formula is C18H24N4O. The summed E-state index contributed by atoms with van der Waals surface area (Å²) in [4.78, 5) is 21.3. The van der Waals surface area contributed by atoms with Crippen molar-refractivity contribution in [2.75, 3.05) is 11.9 Å². The molecule has 0 bridgehead atoms. The average Bonchev–Trinajstić information content (AvgIpc) is 2.55. The van der Waals surface area contributed by atoms with Crippen molar-refractivity contribution in [3.63, 3.8) is 0 Å². The molecule has 1 fully saturated rings. The van der Waals surface area contributed by atoms with E-state index < -0.39 is 0 Å². The molecule has 1 aliphatic carbocycles. The minimum Gasteiger partial charge on any atom is -0.330 e. The number of rotatable bonds is 4. The van der Waals surface area contributed by atoms with E-state index in [0.717, 1.165) is 55.4 Å². The van der Waals surface area contributed by atoms with E-state index in [-0.39, 0.29) is 11.8 Å². The van der Waals surface area contributed by atoms with Gasteiger partial charge in [0.1, 0.15) is 0 Å². The predicted molar refractivity (Wildman–Crippen MR) is 92.0 cm³/mol. The summed E-state index contributed by atoms with van der Waals surface area (Å²) in [7, 11) is 0. The lowest BCUT2D eigenvalue weighted by molar-refractivity contribution is -0.121. The van der Waals surface area contributed by atoms with Gasteiger partial charge in [-0.1, -0.05) is 0 Å². The van der Waals surface area contributed by atoms with Crippen LogP contribution in [-0.4, -0.2) is 22.4 Å². The van der Waals surface area contributed by atoms with Gasteiger partial charge in [0, 0.05) is 23.2 Å². The molecule has 3 rings (SSSR count). The number of hydrogen-bond acceptors (Lipinski definition) is 4. The number of nitrogens with zero attached hydrogens (tertiary/aromatic N) is 2. The molecule has 0 atom stereocenters. The first kappa shape index (κ1) is 15.9. The number of fused-ring (bicyclic) bond motifs is 1. The van der Waals surface area contributed by atoms with Crippen LogP contribution < -0.4 is 11.1 Å². The summed E-state index contributed by atoms with van der Waals surface area (Å²) in [6, 6.07) is 5.76. The number of aromatic nitrogens is 2. The van der Waals surface area contributed by atoms with E-state index >= 15 is 0 Å². The van der Waals surface area contributed by atoms with E-state index in [0.29, 0.717) is 11.6 Å². The van der Waals surface area contributed by atoms with Gasteiger partial charge in [-0.05, 0) is 69.7 Å². The molecule has 5 heteroatoms. The Balaban J connectivity index is 1.69. The highest BCUT2D eigenvalue weighted by Crippen LogP contribution is 2.31. The minimum atomic E-state index is 0.102. The van der Waals surface area contributed by atoms with Crippen LogP contribution in [0.3, 0.4) is 0 Å². The van der Waals surface area contributed by atoms with Crippen molar-refractivity contribution in [3.05, 3.63) is 30.1 Å². The van der Waals surface area contributed by atoms with Gasteiger partial charge >= 0.3 is 0 Å². The fourth-order valence-corrected chi connectivity index (χ4v) is 3.42. The number of anilines is 1. The van der Waals surface area contributed by atoms with Crippen molar-refractivity contribution < 1.29 is 4.79 Å². The Labute approximate surface area is 136 Å². The third-order valence-corrected chi connectivity index (χ3v) is 4.79. The highest BCUT2D eigenvalue weighted by atomic mass is 16.1. The van der Waals surface area contributed by atoms with E-state index in [4.69, 9.17) is 5.73 Å². The molecule has 0 aromatic carbocycles. The van der Waals surface area contributed by atoms with Crippen LogP contribution in [0.15, 0.2) is 24.4 Å². The Morgan fingerprint density at radius 2 is 2.04 bits per heavy atom. The lowest BCUT2D eigenvalue weighted by atomic mass is 9.80. The maximum Gasteiger partial charge on any atom is 0.227 e. The van der Waals surface area contributed by atoms with Gasteiger partial charge in [-0.3, -0.25) is 4.79 Å². The molecule has 1 saturated carbocycles. The van der Waals surface area contributed by atoms with Gasteiger partial charge in [0.05, 0.1) is 5.69 Å². The van der Waals surface area contributed by atoms with Crippen molar-refractivity contribution in [1.29, 1.82) is 0 Å². The molecule has 0 aliphatic heterocycles. The summed E-state index contributed by atoms with van der Waals surface area (Å²) < 4.78 is 0. The normalized spacial score (nSPS) is 21.3. The summed E-state index contributed by atoms with van der Waals surface area (Å²) in [5.74, 6) is 0.910. The molecule has 1 amide bonds. The molecule has 23 heavy (non-hydrogen) atoms. The van der Waals surface area contributed by atoms with Crippen molar-refractivity contribution in [1.82, 2.24) is 9.97 Å². The Bertz CT molecular complexity index is 692. The highest BCUT2D eigenvalue weighted by Gasteiger charge is 2.26. The van der Waals surface area contributed by atoms with E-state index in [1.54, 1.807) is 6.20 Å². The van der Waals surface area contributed by atoms with Crippen LogP contribution in [0.5, 0.6) is 0 Å². The zero-order valence-corrected chi connectivity index (χ0v) is 13.6. The topological polar surface area (TPSA) is 80.9 Å². The second-order valence-electron chi connectivity index (χ2n) is 6.47. The summed E-state index contributed by atoms with van der Waals surface area (Å²) in [6.45, 7) is 2.68. The number of carbonyl (C=O) groups is 1. The molecule has 2 aromatic rings. The van der Waals surface area contributed by atoms with Crippen LogP contribution in [0.1, 0.15) is 37.8 Å². The summed E-state index contributed by atoms with van der Waals surface area (Å²) in [5.41, 5.74) is 8.03. The Morgan fingerprint density at radius 3 is 2.78 bits per heavy atom. The average molecular weight is 312 g/mol. The molecule has 0 spiro atoms. The minimum absolute atomic E-state index is 0.102. The molecule has 0 saturated heterocycles. The van der Waals surface area contributed by atoms with Gasteiger partial charge < -0.3 is 11.1 Å². The Morgan fingerprint density at radius 1 is 1.26 bits per heavy atom. The van der Waals surface area contributed by atoms with Crippen LogP contribution in [-0.2, 0) is 4.79 Å². The predicted octanol–water partition coefficient (Wildman–Crippen LogP) is 3.03. The highest BCUT2D eigenvalue weighted by molar-refractivity contribution is 6.00. The van der Waals surface area contributed by atoms with Crippen LogP contribution in [0.2, 0.25) is 0 Å². The zero-order valence-electron chi connectivity index (χ0n) is 13.6. The quantitative estimate of drug-likeness (QED) is 0.909. The van der Waals surface area contributed by atoms with Gasteiger partial charge in [-0.15, -0.1) is 0 Å². The van der Waals surface area contributed by atoms with Crippen molar-refractivity contribution in [3.8, 4) is 0 Å². The van der Waals surface area contributed by atoms with E-state index in [9.17, 15) is 4.79 Å². The first-order valence-electron chi connectivity index (χ1n) is 8.40. The number of pyridine rings is 2. The second-order valence-corrected chi connectivity index (χ2v) is 6.47. The number of nitrogens with one attached hydrogen (secondary N) is 1. The Hall–Kier alpha value is -2.01. The first-order valence-corrected chi connectivity index (χ1v) is 8.40. The van der Waals surface area contributed by atoms with Crippen LogP contribution >= 0.6 is 0 Å². The van der Waals surface area contributed by atoms with Crippen LogP contribution in [0.4, 0.5) is 5.69 Å². The largest absolute Gasteiger partial charge is 0.330 e. The van der Waals surface area contributed by atoms with Gasteiger partial charge in [0.2, 0.25) is 5.91 Å². The van der Waals surface area contributed by atoms with E-state index in [1.165, 1.54) is 0 Å². The second kappa shape index (κ2) is 7.04. The van der Waals surface area contributed by atoms with Crippen LogP contribution in [0.25, 0.3) is 11.0 Å². The molecule has 3 N–H and O–H groups in total. The fraction of sp³-hybridized carbons (Fsp3) is 0.500. The Kier molecular flexibility index (Phi) is 4.86. The summed E-state index contributed by atoms with van der Waals surface area (Å²) in [6.07, 6.45) is 6.89. The van der Waals surface area contributed by atoms with Crippen LogP contribution in [0, 0.1) is 18.8 Å². The lowest BCUT2D eigenvalue weighted by Crippen LogP contribution is -2.28. The molecule has 5 nitrogen and oxygen atoms in total. The molecule has 0 radical (unpaired) electrons. The maximum absolute atomic E-state index is 12.6. The molecule has 2 aromatic heterocycles. The first-order chi connectivity index (χ1) is 11.2. The number of hydrogen-bond donors (Lipinski definition) is 2. The monoisotopic (exact) mass is 312 g/mol. The summed E-state index contributed by atoms with van der Waals surface area (Å²) >= 11 is 0. The van der Waals surface area contributed by atoms with Crippen molar-refractivity contribution in [2.24, 2.45) is 17.6 Å². The maximum atomic E-state index is 12.6. The van der Waals surface area contributed by atoms with Crippen molar-refractivity contribution in [2.45, 2.75) is 39.0 Å². The number of amides is 1. The molecule has 0 unspecified atom stereocenters. The molecule has 2 heterocycles. The fourth-order valence-electron chi connectivity index (χ4n) is 3.42. The van der Waals surface area contributed by atoms with Gasteiger partial charge in [0.15, 0.2) is 5.65 Å². The smallest absolute Gasteiger partial charge is 0.227 e. The number of aryl methyl sites for hydroxylation is 1. The number of nitrogens with two attached hydrogens (primary N) is 1. The van der Waals surface area contributed by atoms with E-state index in [2.05, 4.69) is 15.3 Å². The van der Waals surface area contributed by atoms with Gasteiger partial charge in [0.25, 0.3) is 0 Å². The number of carbonyl (C=O) groups excluding carboxylic acids is 1. The molecular weight excluding hydrogens is 288 g/mol. The van der Waals surface area contributed by atoms with Crippen molar-refractivity contribution >= 4 is 22.6 Å².